The molecule has 178 valence electrons. The predicted octanol–water partition coefficient (Wildman–Crippen LogP) is 2.87. The fourth-order valence-corrected chi connectivity index (χ4v) is 2.87. The van der Waals surface area contributed by atoms with Gasteiger partial charge < -0.3 is 29.8 Å². The summed E-state index contributed by atoms with van der Waals surface area (Å²) < 4.78 is 20.3. The molecule has 0 saturated carbocycles. The first-order valence-electron chi connectivity index (χ1n) is 10.00. The molecule has 3 atom stereocenters. The average Bonchev–Trinajstić information content (AvgIpc) is 2.65. The summed E-state index contributed by atoms with van der Waals surface area (Å²) >= 11 is 0. The van der Waals surface area contributed by atoms with E-state index in [1.165, 1.54) is 32.0 Å². The lowest BCUT2D eigenvalue weighted by molar-refractivity contribution is -0.139. The zero-order valence-corrected chi connectivity index (χ0v) is 19.2. The molecule has 3 N–H and O–H groups in total. The number of aliphatic carboxylic acids is 1. The van der Waals surface area contributed by atoms with Crippen LogP contribution >= 0.6 is 0 Å². The van der Waals surface area contributed by atoms with Gasteiger partial charge >= 0.3 is 24.1 Å². The Morgan fingerprint density at radius 1 is 1.00 bits per heavy atom. The zero-order valence-electron chi connectivity index (χ0n) is 19.2. The standard InChI is InChI=1S/C22H31NO9/c1-12(10-29-21(28)30-11-22(4,5)6)18(19(23)20(26)27)15-7-8-16(31-13(2)24)17(9-15)32-14(3)25/h7-9,12,18-19H,10-11,23H2,1-6H3,(H,26,27)/t12?,18?,19-/m0/s1. The Balaban J connectivity index is 3.15. The normalized spacial score (nSPS) is 14.0. The fraction of sp³-hybridized carbons (Fsp3) is 0.545. The van der Waals surface area contributed by atoms with E-state index in [0.29, 0.717) is 5.56 Å². The van der Waals surface area contributed by atoms with Crippen LogP contribution in [0.1, 0.15) is 53.0 Å². The van der Waals surface area contributed by atoms with Gasteiger partial charge in [0.2, 0.25) is 0 Å². The molecular weight excluding hydrogens is 422 g/mol. The maximum Gasteiger partial charge on any atom is 0.508 e. The van der Waals surface area contributed by atoms with Gasteiger partial charge in [0, 0.05) is 19.8 Å². The molecule has 0 heterocycles. The number of carbonyl (C=O) groups is 4. The average molecular weight is 453 g/mol. The van der Waals surface area contributed by atoms with Crippen molar-refractivity contribution in [2.24, 2.45) is 17.1 Å². The highest BCUT2D eigenvalue weighted by Crippen LogP contribution is 2.35. The van der Waals surface area contributed by atoms with Crippen molar-refractivity contribution in [3.05, 3.63) is 23.8 Å². The molecule has 1 rings (SSSR count). The Morgan fingerprint density at radius 3 is 2.06 bits per heavy atom. The van der Waals surface area contributed by atoms with Crippen molar-refractivity contribution >= 4 is 24.1 Å². The van der Waals surface area contributed by atoms with E-state index in [1.54, 1.807) is 6.92 Å². The first kappa shape index (κ1) is 26.9. The Kier molecular flexibility index (Phi) is 9.64. The van der Waals surface area contributed by atoms with Crippen LogP contribution in [0.4, 0.5) is 4.79 Å². The maximum atomic E-state index is 11.9. The first-order valence-corrected chi connectivity index (χ1v) is 10.00. The van der Waals surface area contributed by atoms with E-state index in [-0.39, 0.29) is 30.1 Å². The van der Waals surface area contributed by atoms with Crippen LogP contribution in [0, 0.1) is 11.3 Å². The summed E-state index contributed by atoms with van der Waals surface area (Å²) in [5.41, 5.74) is 6.08. The topological polar surface area (TPSA) is 151 Å². The van der Waals surface area contributed by atoms with E-state index in [9.17, 15) is 24.3 Å². The lowest BCUT2D eigenvalue weighted by atomic mass is 9.82. The number of benzene rings is 1. The summed E-state index contributed by atoms with van der Waals surface area (Å²) in [5, 5.41) is 9.49. The third-order valence-corrected chi connectivity index (χ3v) is 4.23. The highest BCUT2D eigenvalue weighted by molar-refractivity contribution is 5.76. The molecule has 0 saturated heterocycles. The smallest absolute Gasteiger partial charge is 0.480 e. The lowest BCUT2D eigenvalue weighted by Gasteiger charge is -2.28. The van der Waals surface area contributed by atoms with Crippen LogP contribution < -0.4 is 15.2 Å². The van der Waals surface area contributed by atoms with E-state index in [0.717, 1.165) is 0 Å². The monoisotopic (exact) mass is 453 g/mol. The Morgan fingerprint density at radius 2 is 1.56 bits per heavy atom. The summed E-state index contributed by atoms with van der Waals surface area (Å²) in [6.07, 6.45) is -0.875. The van der Waals surface area contributed by atoms with E-state index in [1.807, 2.05) is 20.8 Å². The predicted molar refractivity (Wildman–Crippen MR) is 113 cm³/mol. The summed E-state index contributed by atoms with van der Waals surface area (Å²) in [7, 11) is 0. The minimum atomic E-state index is -1.36. The molecule has 10 heteroatoms. The van der Waals surface area contributed by atoms with Gasteiger partial charge in [-0.3, -0.25) is 14.4 Å². The van der Waals surface area contributed by atoms with Crippen molar-refractivity contribution < 1.29 is 43.2 Å². The first-order chi connectivity index (χ1) is 14.7. The van der Waals surface area contributed by atoms with Gasteiger partial charge in [0.05, 0.1) is 13.2 Å². The van der Waals surface area contributed by atoms with Crippen molar-refractivity contribution in [1.29, 1.82) is 0 Å². The summed E-state index contributed by atoms with van der Waals surface area (Å²) in [6, 6.07) is 2.90. The molecule has 0 aliphatic carbocycles. The maximum absolute atomic E-state index is 11.9. The quantitative estimate of drug-likeness (QED) is 0.422. The lowest BCUT2D eigenvalue weighted by Crippen LogP contribution is -2.40. The van der Waals surface area contributed by atoms with Gasteiger partial charge in [-0.1, -0.05) is 33.8 Å². The Bertz CT molecular complexity index is 844. The number of hydrogen-bond acceptors (Lipinski definition) is 9. The Labute approximate surface area is 187 Å². The highest BCUT2D eigenvalue weighted by atomic mass is 16.7. The summed E-state index contributed by atoms with van der Waals surface area (Å²) in [4.78, 5) is 46.3. The number of rotatable bonds is 9. The summed E-state index contributed by atoms with van der Waals surface area (Å²) in [5.74, 6) is -4.00. The number of esters is 2. The molecule has 10 nitrogen and oxygen atoms in total. The molecule has 2 unspecified atom stereocenters. The molecule has 32 heavy (non-hydrogen) atoms. The molecule has 1 aromatic rings. The molecule has 0 spiro atoms. The molecule has 0 amide bonds. The van der Waals surface area contributed by atoms with E-state index in [4.69, 9.17) is 24.7 Å². The van der Waals surface area contributed by atoms with Crippen molar-refractivity contribution in [2.75, 3.05) is 13.2 Å². The zero-order chi connectivity index (χ0) is 24.6. The third kappa shape index (κ3) is 8.93. The third-order valence-electron chi connectivity index (χ3n) is 4.23. The van der Waals surface area contributed by atoms with E-state index >= 15 is 0 Å². The van der Waals surface area contributed by atoms with Crippen molar-refractivity contribution in [1.82, 2.24) is 0 Å². The molecular formula is C22H31NO9. The van der Waals surface area contributed by atoms with Crippen LogP contribution in [-0.4, -0.2) is 48.4 Å². The molecule has 0 aliphatic rings. The number of carbonyl (C=O) groups excluding carboxylic acids is 3. The van der Waals surface area contributed by atoms with E-state index in [2.05, 4.69) is 0 Å². The van der Waals surface area contributed by atoms with Crippen molar-refractivity contribution in [3.8, 4) is 11.5 Å². The number of carboxylic acids is 1. The molecule has 0 bridgehead atoms. The fourth-order valence-electron chi connectivity index (χ4n) is 2.87. The van der Waals surface area contributed by atoms with Crippen molar-refractivity contribution in [2.45, 2.75) is 53.5 Å². The van der Waals surface area contributed by atoms with Crippen molar-refractivity contribution in [3.63, 3.8) is 0 Å². The van der Waals surface area contributed by atoms with Crippen LogP contribution in [-0.2, 0) is 23.9 Å². The van der Waals surface area contributed by atoms with Gasteiger partial charge in [-0.05, 0) is 29.0 Å². The highest BCUT2D eigenvalue weighted by Gasteiger charge is 2.32. The molecule has 0 aromatic heterocycles. The van der Waals surface area contributed by atoms with Crippen LogP contribution in [0.15, 0.2) is 18.2 Å². The molecule has 0 aliphatic heterocycles. The number of carboxylic acid groups (broad SMARTS) is 1. The van der Waals surface area contributed by atoms with E-state index < -0.39 is 41.9 Å². The van der Waals surface area contributed by atoms with Gasteiger partial charge in [0.15, 0.2) is 11.5 Å². The second kappa shape index (κ2) is 11.5. The number of ether oxygens (including phenoxy) is 4. The second-order valence-electron chi connectivity index (χ2n) is 8.67. The van der Waals surface area contributed by atoms with Gasteiger partial charge in [0.1, 0.15) is 6.04 Å². The van der Waals surface area contributed by atoms with Gasteiger partial charge in [-0.2, -0.15) is 0 Å². The second-order valence-corrected chi connectivity index (χ2v) is 8.67. The SMILES string of the molecule is CC(=O)Oc1ccc(C(C(C)COC(=O)OCC(C)(C)C)[C@H](N)C(=O)O)cc1OC(C)=O. The molecule has 0 fully saturated rings. The molecule has 1 aromatic carbocycles. The van der Waals surface area contributed by atoms with Crippen LogP contribution in [0.3, 0.4) is 0 Å². The number of nitrogens with two attached hydrogens (primary N) is 1. The minimum absolute atomic E-state index is 0.00578. The van der Waals surface area contributed by atoms with Gasteiger partial charge in [-0.25, -0.2) is 4.79 Å². The largest absolute Gasteiger partial charge is 0.508 e. The molecule has 0 radical (unpaired) electrons. The summed E-state index contributed by atoms with van der Waals surface area (Å²) in [6.45, 7) is 9.69. The number of hydrogen-bond donors (Lipinski definition) is 2. The van der Waals surface area contributed by atoms with Crippen LogP contribution in [0.5, 0.6) is 11.5 Å². The minimum Gasteiger partial charge on any atom is -0.480 e. The Hall–Kier alpha value is -3.14. The van der Waals surface area contributed by atoms with Crippen LogP contribution in [0.2, 0.25) is 0 Å². The van der Waals surface area contributed by atoms with Crippen LogP contribution in [0.25, 0.3) is 0 Å². The van der Waals surface area contributed by atoms with Gasteiger partial charge in [0.25, 0.3) is 0 Å². The van der Waals surface area contributed by atoms with Gasteiger partial charge in [-0.15, -0.1) is 0 Å².